The second-order valence-electron chi connectivity index (χ2n) is 4.92. The Balaban J connectivity index is 1.92. The lowest BCUT2D eigenvalue weighted by Crippen LogP contribution is -2.07. The molecule has 3 aromatic rings. The summed E-state index contributed by atoms with van der Waals surface area (Å²) in [7, 11) is 0. The first kappa shape index (κ1) is 13.1. The van der Waals surface area contributed by atoms with E-state index in [9.17, 15) is 15.0 Å². The number of hydrogen-bond donors (Lipinski definition) is 5. The average Bonchev–Trinajstić information content (AvgIpc) is 2.77. The van der Waals surface area contributed by atoms with Crippen molar-refractivity contribution in [2.45, 2.75) is 13.0 Å². The van der Waals surface area contributed by atoms with E-state index in [0.717, 1.165) is 11.2 Å². The summed E-state index contributed by atoms with van der Waals surface area (Å²) in [5, 5.41) is 22.9. The van der Waals surface area contributed by atoms with Crippen molar-refractivity contribution in [2.75, 3.05) is 5.32 Å². The molecule has 0 radical (unpaired) electrons. The molecular weight excluding hydrogens is 270 g/mol. The third-order valence-corrected chi connectivity index (χ3v) is 3.39. The van der Waals surface area contributed by atoms with Crippen LogP contribution < -0.4 is 11.0 Å². The van der Waals surface area contributed by atoms with E-state index in [0.29, 0.717) is 11.1 Å². The maximum absolute atomic E-state index is 11.2. The number of H-pyrrole nitrogens is 2. The minimum absolute atomic E-state index is 0.0335. The van der Waals surface area contributed by atoms with Gasteiger partial charge in [0, 0.05) is 5.69 Å². The van der Waals surface area contributed by atoms with Crippen molar-refractivity contribution in [3.05, 3.63) is 52.4 Å². The maximum atomic E-state index is 11.2. The summed E-state index contributed by atoms with van der Waals surface area (Å²) >= 11 is 0. The predicted molar refractivity (Wildman–Crippen MR) is 80.7 cm³/mol. The van der Waals surface area contributed by atoms with E-state index in [-0.39, 0.29) is 23.2 Å². The molecule has 0 aliphatic rings. The van der Waals surface area contributed by atoms with Gasteiger partial charge in [0.05, 0.1) is 22.6 Å². The Kier molecular flexibility index (Phi) is 3.06. The highest BCUT2D eigenvalue weighted by Crippen LogP contribution is 2.34. The van der Waals surface area contributed by atoms with Gasteiger partial charge in [-0.25, -0.2) is 4.79 Å². The molecule has 1 aromatic heterocycles. The molecule has 1 heterocycles. The van der Waals surface area contributed by atoms with Crippen LogP contribution in [0.4, 0.5) is 5.69 Å². The minimum atomic E-state index is -0.297. The van der Waals surface area contributed by atoms with Crippen LogP contribution in [0.3, 0.4) is 0 Å². The van der Waals surface area contributed by atoms with Crippen molar-refractivity contribution >= 4 is 16.7 Å². The molecule has 0 saturated heterocycles. The third kappa shape index (κ3) is 2.43. The lowest BCUT2D eigenvalue weighted by Gasteiger charge is -2.18. The Morgan fingerprint density at radius 1 is 1.05 bits per heavy atom. The zero-order chi connectivity index (χ0) is 15.0. The monoisotopic (exact) mass is 285 g/mol. The zero-order valence-corrected chi connectivity index (χ0v) is 11.3. The van der Waals surface area contributed by atoms with Gasteiger partial charge in [-0.05, 0) is 37.3 Å². The fourth-order valence-electron chi connectivity index (χ4n) is 2.43. The van der Waals surface area contributed by atoms with Crippen LogP contribution in [0.1, 0.15) is 18.5 Å². The van der Waals surface area contributed by atoms with E-state index >= 15 is 0 Å². The summed E-state index contributed by atoms with van der Waals surface area (Å²) in [6.07, 6.45) is 0. The van der Waals surface area contributed by atoms with Gasteiger partial charge in [-0.15, -0.1) is 0 Å². The van der Waals surface area contributed by atoms with Crippen LogP contribution in [-0.2, 0) is 0 Å². The third-order valence-electron chi connectivity index (χ3n) is 3.39. The number of aromatic nitrogens is 2. The van der Waals surface area contributed by atoms with E-state index in [1.807, 2.05) is 13.0 Å². The molecule has 0 aliphatic heterocycles. The normalized spacial score (nSPS) is 12.4. The highest BCUT2D eigenvalue weighted by molar-refractivity contribution is 5.78. The Morgan fingerprint density at radius 2 is 1.71 bits per heavy atom. The van der Waals surface area contributed by atoms with E-state index in [1.165, 1.54) is 12.1 Å². The summed E-state index contributed by atoms with van der Waals surface area (Å²) < 4.78 is 0. The highest BCUT2D eigenvalue weighted by atomic mass is 16.3. The summed E-state index contributed by atoms with van der Waals surface area (Å²) in [6.45, 7) is 1.83. The first-order valence-electron chi connectivity index (χ1n) is 6.54. The Morgan fingerprint density at radius 3 is 2.43 bits per heavy atom. The largest absolute Gasteiger partial charge is 0.507 e. The molecule has 0 amide bonds. The first-order chi connectivity index (χ1) is 10.0. The van der Waals surface area contributed by atoms with Gasteiger partial charge in [0.2, 0.25) is 0 Å². The predicted octanol–water partition coefficient (Wildman–Crippen LogP) is 2.44. The molecule has 0 bridgehead atoms. The number of phenols is 2. The first-order valence-corrected chi connectivity index (χ1v) is 6.54. The van der Waals surface area contributed by atoms with Gasteiger partial charge in [0.15, 0.2) is 0 Å². The average molecular weight is 285 g/mol. The molecule has 3 rings (SSSR count). The summed E-state index contributed by atoms with van der Waals surface area (Å²) in [5.41, 5.74) is 2.36. The molecule has 21 heavy (non-hydrogen) atoms. The topological polar surface area (TPSA) is 101 Å². The van der Waals surface area contributed by atoms with Gasteiger partial charge in [-0.1, -0.05) is 6.07 Å². The molecule has 6 heteroatoms. The summed E-state index contributed by atoms with van der Waals surface area (Å²) in [4.78, 5) is 16.6. The van der Waals surface area contributed by atoms with Gasteiger partial charge >= 0.3 is 5.69 Å². The maximum Gasteiger partial charge on any atom is 0.323 e. The summed E-state index contributed by atoms with van der Waals surface area (Å²) in [6, 6.07) is 9.74. The lowest BCUT2D eigenvalue weighted by atomic mass is 10.1. The van der Waals surface area contributed by atoms with Crippen LogP contribution in [-0.4, -0.2) is 20.2 Å². The van der Waals surface area contributed by atoms with Crippen molar-refractivity contribution in [3.8, 4) is 11.5 Å². The number of rotatable bonds is 3. The van der Waals surface area contributed by atoms with Crippen molar-refractivity contribution in [3.63, 3.8) is 0 Å². The van der Waals surface area contributed by atoms with Crippen molar-refractivity contribution in [1.82, 2.24) is 9.97 Å². The summed E-state index contributed by atoms with van der Waals surface area (Å²) in [5.74, 6) is 0.0669. The van der Waals surface area contributed by atoms with E-state index < -0.39 is 0 Å². The van der Waals surface area contributed by atoms with Gasteiger partial charge < -0.3 is 25.5 Å². The minimum Gasteiger partial charge on any atom is -0.507 e. The van der Waals surface area contributed by atoms with Gasteiger partial charge in [0.25, 0.3) is 0 Å². The van der Waals surface area contributed by atoms with Gasteiger partial charge in [-0.3, -0.25) is 0 Å². The van der Waals surface area contributed by atoms with Crippen LogP contribution in [0.15, 0.2) is 41.2 Å². The molecular formula is C15H15N3O3. The molecule has 1 atom stereocenters. The number of hydrogen-bond acceptors (Lipinski definition) is 4. The van der Waals surface area contributed by atoms with Crippen LogP contribution in [0.25, 0.3) is 11.0 Å². The molecule has 1 unspecified atom stereocenters. The molecule has 2 aromatic carbocycles. The van der Waals surface area contributed by atoms with E-state index in [4.69, 9.17) is 0 Å². The fraction of sp³-hybridized carbons (Fsp3) is 0.133. The number of aromatic amines is 2. The number of anilines is 1. The van der Waals surface area contributed by atoms with Crippen LogP contribution in [0.2, 0.25) is 0 Å². The standard InChI is InChI=1S/C15H15N3O3/c1-8(14-12(19)3-2-4-13(14)20)16-9-5-6-10-11(7-9)18-15(21)17-10/h2-8,16,19-20H,1H3,(H2,17,18,21). The Bertz CT molecular complexity index is 830. The number of imidazole rings is 1. The SMILES string of the molecule is CC(Nc1ccc2[nH]c(=O)[nH]c2c1)c1c(O)cccc1O. The molecule has 108 valence electrons. The lowest BCUT2D eigenvalue weighted by molar-refractivity contribution is 0.434. The van der Waals surface area contributed by atoms with Gasteiger partial charge in [-0.2, -0.15) is 0 Å². The highest BCUT2D eigenvalue weighted by Gasteiger charge is 2.15. The van der Waals surface area contributed by atoms with Gasteiger partial charge in [0.1, 0.15) is 11.5 Å². The number of nitrogens with one attached hydrogen (secondary N) is 3. The van der Waals surface area contributed by atoms with E-state index in [2.05, 4.69) is 15.3 Å². The van der Waals surface area contributed by atoms with E-state index in [1.54, 1.807) is 18.2 Å². The van der Waals surface area contributed by atoms with Crippen LogP contribution >= 0.6 is 0 Å². The van der Waals surface area contributed by atoms with Crippen molar-refractivity contribution in [1.29, 1.82) is 0 Å². The number of benzene rings is 2. The molecule has 0 fully saturated rings. The van der Waals surface area contributed by atoms with Crippen LogP contribution in [0.5, 0.6) is 11.5 Å². The zero-order valence-electron chi connectivity index (χ0n) is 11.3. The molecule has 0 aliphatic carbocycles. The molecule has 0 saturated carbocycles. The molecule has 6 nitrogen and oxygen atoms in total. The molecule has 5 N–H and O–H groups in total. The number of phenolic OH excluding ortho intramolecular Hbond substituents is 2. The second-order valence-corrected chi connectivity index (χ2v) is 4.92. The van der Waals surface area contributed by atoms with Crippen molar-refractivity contribution < 1.29 is 10.2 Å². The van der Waals surface area contributed by atoms with Crippen molar-refractivity contribution in [2.24, 2.45) is 0 Å². The Hall–Kier alpha value is -2.89. The number of fused-ring (bicyclic) bond motifs is 1. The number of aromatic hydroxyl groups is 2. The molecule has 0 spiro atoms. The quantitative estimate of drug-likeness (QED) is 0.510. The fourth-order valence-corrected chi connectivity index (χ4v) is 2.43. The van der Waals surface area contributed by atoms with Crippen LogP contribution in [0, 0.1) is 0 Å². The Labute approximate surface area is 120 Å². The smallest absolute Gasteiger partial charge is 0.323 e. The second kappa shape index (κ2) is 4.90.